The summed E-state index contributed by atoms with van der Waals surface area (Å²) in [7, 11) is 0. The summed E-state index contributed by atoms with van der Waals surface area (Å²) < 4.78 is 10.1. The van der Waals surface area contributed by atoms with Crippen molar-refractivity contribution in [3.05, 3.63) is 40.8 Å². The third kappa shape index (κ3) is 3.39. The number of ether oxygens (including phenoxy) is 1. The van der Waals surface area contributed by atoms with Gasteiger partial charge >= 0.3 is 11.9 Å². The van der Waals surface area contributed by atoms with E-state index in [4.69, 9.17) is 9.15 Å². The Hall–Kier alpha value is -1.82. The average Bonchev–Trinajstić information content (AvgIpc) is 2.87. The van der Waals surface area contributed by atoms with E-state index in [1.54, 1.807) is 6.92 Å². The zero-order valence-electron chi connectivity index (χ0n) is 11.7. The lowest BCUT2D eigenvalue weighted by Gasteiger charge is -2.07. The maximum absolute atomic E-state index is 11.4. The SMILES string of the molecule is CCOC(=O)c1nnc(SCc2c(C)cccc2C)o1. The standard InChI is InChI=1S/C14H16N2O3S/c1-4-18-13(17)12-15-16-14(19-12)20-8-11-9(2)6-5-7-10(11)3/h5-7H,4,8H2,1-3H3. The van der Waals surface area contributed by atoms with E-state index >= 15 is 0 Å². The van der Waals surface area contributed by atoms with Crippen LogP contribution in [0.3, 0.4) is 0 Å². The van der Waals surface area contributed by atoms with Crippen molar-refractivity contribution < 1.29 is 13.9 Å². The fraction of sp³-hybridized carbons (Fsp3) is 0.357. The summed E-state index contributed by atoms with van der Waals surface area (Å²) in [5, 5.41) is 7.89. The quantitative estimate of drug-likeness (QED) is 0.623. The molecule has 5 nitrogen and oxygen atoms in total. The minimum atomic E-state index is -0.584. The molecule has 0 N–H and O–H groups in total. The van der Waals surface area contributed by atoms with Gasteiger partial charge in [-0.05, 0) is 37.5 Å². The monoisotopic (exact) mass is 292 g/mol. The number of benzene rings is 1. The molecule has 0 bridgehead atoms. The second-order valence-electron chi connectivity index (χ2n) is 4.25. The maximum atomic E-state index is 11.4. The molecule has 0 saturated carbocycles. The summed E-state index contributed by atoms with van der Waals surface area (Å²) >= 11 is 1.41. The lowest BCUT2D eigenvalue weighted by molar-refractivity contribution is 0.0475. The van der Waals surface area contributed by atoms with Crippen LogP contribution in [0.4, 0.5) is 0 Å². The zero-order valence-corrected chi connectivity index (χ0v) is 12.5. The first kappa shape index (κ1) is 14.6. The van der Waals surface area contributed by atoms with Gasteiger partial charge in [0.1, 0.15) is 0 Å². The van der Waals surface area contributed by atoms with Crippen LogP contribution in [0.2, 0.25) is 0 Å². The molecule has 0 atom stereocenters. The second-order valence-corrected chi connectivity index (χ2v) is 5.18. The summed E-state index contributed by atoms with van der Waals surface area (Å²) in [5.41, 5.74) is 3.69. The Morgan fingerprint density at radius 3 is 2.65 bits per heavy atom. The van der Waals surface area contributed by atoms with Gasteiger partial charge in [0.05, 0.1) is 6.61 Å². The minimum Gasteiger partial charge on any atom is -0.459 e. The van der Waals surface area contributed by atoms with Crippen LogP contribution in [-0.2, 0) is 10.5 Å². The van der Waals surface area contributed by atoms with E-state index < -0.39 is 5.97 Å². The largest absolute Gasteiger partial charge is 0.459 e. The van der Waals surface area contributed by atoms with Gasteiger partial charge in [-0.2, -0.15) is 0 Å². The summed E-state index contributed by atoms with van der Waals surface area (Å²) in [4.78, 5) is 11.4. The first-order chi connectivity index (χ1) is 9.61. The Bertz CT molecular complexity index is 590. The molecule has 0 radical (unpaired) electrons. The van der Waals surface area contributed by atoms with Gasteiger partial charge in [0.25, 0.3) is 5.22 Å². The number of nitrogens with zero attached hydrogens (tertiary/aromatic N) is 2. The number of esters is 1. The lowest BCUT2D eigenvalue weighted by Crippen LogP contribution is -2.04. The molecule has 0 saturated heterocycles. The van der Waals surface area contributed by atoms with Crippen molar-refractivity contribution in [2.24, 2.45) is 0 Å². The Labute approximate surface area is 121 Å². The fourth-order valence-electron chi connectivity index (χ4n) is 1.75. The second kappa shape index (κ2) is 6.56. The van der Waals surface area contributed by atoms with E-state index in [-0.39, 0.29) is 12.5 Å². The Morgan fingerprint density at radius 2 is 2.00 bits per heavy atom. The van der Waals surface area contributed by atoms with Crippen molar-refractivity contribution in [3.8, 4) is 0 Å². The minimum absolute atomic E-state index is 0.101. The van der Waals surface area contributed by atoms with Crippen molar-refractivity contribution in [1.29, 1.82) is 0 Å². The van der Waals surface area contributed by atoms with Crippen LogP contribution >= 0.6 is 11.8 Å². The highest BCUT2D eigenvalue weighted by atomic mass is 32.2. The molecule has 2 rings (SSSR count). The topological polar surface area (TPSA) is 65.2 Å². The molecule has 6 heteroatoms. The summed E-state index contributed by atoms with van der Waals surface area (Å²) in [6, 6.07) is 6.17. The predicted octanol–water partition coefficient (Wildman–Crippen LogP) is 3.16. The third-order valence-corrected chi connectivity index (χ3v) is 3.69. The van der Waals surface area contributed by atoms with Gasteiger partial charge in [-0.15, -0.1) is 5.10 Å². The van der Waals surface area contributed by atoms with E-state index in [1.165, 1.54) is 28.5 Å². The maximum Gasteiger partial charge on any atom is 0.396 e. The lowest BCUT2D eigenvalue weighted by atomic mass is 10.1. The van der Waals surface area contributed by atoms with E-state index in [0.29, 0.717) is 5.22 Å². The van der Waals surface area contributed by atoms with Crippen molar-refractivity contribution in [1.82, 2.24) is 10.2 Å². The van der Waals surface area contributed by atoms with Crippen LogP contribution in [0, 0.1) is 13.8 Å². The van der Waals surface area contributed by atoms with Crippen molar-refractivity contribution in [3.63, 3.8) is 0 Å². The van der Waals surface area contributed by atoms with Crippen molar-refractivity contribution >= 4 is 17.7 Å². The molecule has 1 aromatic carbocycles. The van der Waals surface area contributed by atoms with Gasteiger partial charge in [0.15, 0.2) is 0 Å². The van der Waals surface area contributed by atoms with Crippen LogP contribution in [0.1, 0.15) is 34.3 Å². The number of rotatable bonds is 5. The summed E-state index contributed by atoms with van der Waals surface area (Å²) in [6.45, 7) is 6.15. The molecule has 0 aliphatic rings. The Morgan fingerprint density at radius 1 is 1.30 bits per heavy atom. The normalized spacial score (nSPS) is 10.6. The van der Waals surface area contributed by atoms with E-state index in [0.717, 1.165) is 5.75 Å². The molecule has 1 heterocycles. The first-order valence-electron chi connectivity index (χ1n) is 6.30. The van der Waals surface area contributed by atoms with E-state index in [2.05, 4.69) is 36.2 Å². The number of hydrogen-bond acceptors (Lipinski definition) is 6. The van der Waals surface area contributed by atoms with Gasteiger partial charge in [-0.1, -0.05) is 35.1 Å². The van der Waals surface area contributed by atoms with E-state index in [9.17, 15) is 4.79 Å². The molecule has 0 unspecified atom stereocenters. The molecule has 106 valence electrons. The van der Waals surface area contributed by atoms with Crippen LogP contribution in [0.25, 0.3) is 0 Å². The molecule has 20 heavy (non-hydrogen) atoms. The number of hydrogen-bond donors (Lipinski definition) is 0. The summed E-state index contributed by atoms with van der Waals surface area (Å²) in [5.74, 6) is 0.0398. The number of thioether (sulfide) groups is 1. The number of carbonyl (C=O) groups excluding carboxylic acids is 1. The molecule has 0 amide bonds. The van der Waals surface area contributed by atoms with Gasteiger partial charge < -0.3 is 9.15 Å². The number of aromatic nitrogens is 2. The molecular weight excluding hydrogens is 276 g/mol. The van der Waals surface area contributed by atoms with Gasteiger partial charge in [0.2, 0.25) is 0 Å². The van der Waals surface area contributed by atoms with Gasteiger partial charge in [-0.3, -0.25) is 0 Å². The number of aryl methyl sites for hydroxylation is 2. The highest BCUT2D eigenvalue weighted by molar-refractivity contribution is 7.98. The average molecular weight is 292 g/mol. The van der Waals surface area contributed by atoms with Crippen LogP contribution in [0.15, 0.2) is 27.8 Å². The fourth-order valence-corrected chi connectivity index (χ4v) is 2.71. The van der Waals surface area contributed by atoms with Gasteiger partial charge in [0, 0.05) is 5.75 Å². The van der Waals surface area contributed by atoms with E-state index in [1.807, 2.05) is 6.07 Å². The highest BCUT2D eigenvalue weighted by Crippen LogP contribution is 2.25. The smallest absolute Gasteiger partial charge is 0.396 e. The first-order valence-corrected chi connectivity index (χ1v) is 7.29. The molecule has 2 aromatic rings. The van der Waals surface area contributed by atoms with Gasteiger partial charge in [-0.25, -0.2) is 4.79 Å². The van der Waals surface area contributed by atoms with Crippen LogP contribution < -0.4 is 0 Å². The molecular formula is C14H16N2O3S. The zero-order chi connectivity index (χ0) is 14.5. The molecule has 0 fully saturated rings. The third-order valence-electron chi connectivity index (χ3n) is 2.84. The molecule has 0 aliphatic carbocycles. The molecule has 0 spiro atoms. The van der Waals surface area contributed by atoms with Crippen LogP contribution in [-0.4, -0.2) is 22.8 Å². The van der Waals surface area contributed by atoms with Crippen LogP contribution in [0.5, 0.6) is 0 Å². The summed E-state index contributed by atoms with van der Waals surface area (Å²) in [6.07, 6.45) is 0. The predicted molar refractivity (Wildman–Crippen MR) is 75.7 cm³/mol. The van der Waals surface area contributed by atoms with Crippen molar-refractivity contribution in [2.75, 3.05) is 6.61 Å². The Kier molecular flexibility index (Phi) is 4.79. The molecule has 0 aliphatic heterocycles. The highest BCUT2D eigenvalue weighted by Gasteiger charge is 2.16. The van der Waals surface area contributed by atoms with Crippen molar-refractivity contribution in [2.45, 2.75) is 31.7 Å². The molecule has 1 aromatic heterocycles. The Balaban J connectivity index is 2.03. The number of carbonyl (C=O) groups is 1.